The van der Waals surface area contributed by atoms with Gasteiger partial charge in [0.25, 0.3) is 0 Å². The highest BCUT2D eigenvalue weighted by molar-refractivity contribution is 4.98. The van der Waals surface area contributed by atoms with Crippen LogP contribution in [0.3, 0.4) is 0 Å². The van der Waals surface area contributed by atoms with E-state index in [2.05, 4.69) is 23.6 Å². The molecular weight excluding hydrogens is 238 g/mol. The molecule has 2 heterocycles. The van der Waals surface area contributed by atoms with Crippen molar-refractivity contribution in [2.45, 2.75) is 51.2 Å². The molecule has 2 saturated heterocycles. The van der Waals surface area contributed by atoms with Gasteiger partial charge in [0.05, 0.1) is 6.10 Å². The van der Waals surface area contributed by atoms with Crippen LogP contribution in [0.25, 0.3) is 0 Å². The Morgan fingerprint density at radius 2 is 1.95 bits per heavy atom. The number of hydrogen-bond acceptors (Lipinski definition) is 4. The van der Waals surface area contributed by atoms with Crippen molar-refractivity contribution < 1.29 is 4.74 Å². The lowest BCUT2D eigenvalue weighted by atomic mass is 9.84. The summed E-state index contributed by atoms with van der Waals surface area (Å²) in [7, 11) is 0. The third-order valence-electron chi connectivity index (χ3n) is 5.07. The van der Waals surface area contributed by atoms with E-state index < -0.39 is 0 Å². The van der Waals surface area contributed by atoms with Gasteiger partial charge in [-0.1, -0.05) is 6.92 Å². The fraction of sp³-hybridized carbons (Fsp3) is 1.00. The molecule has 112 valence electrons. The minimum Gasteiger partial charge on any atom is -0.377 e. The maximum absolute atomic E-state index is 6.17. The van der Waals surface area contributed by atoms with Crippen LogP contribution in [0.4, 0.5) is 0 Å². The van der Waals surface area contributed by atoms with Gasteiger partial charge in [-0.2, -0.15) is 0 Å². The first-order chi connectivity index (χ1) is 9.24. The summed E-state index contributed by atoms with van der Waals surface area (Å²) in [5.41, 5.74) is 6.41. The quantitative estimate of drug-likeness (QED) is 0.817. The first kappa shape index (κ1) is 15.2. The smallest absolute Gasteiger partial charge is 0.0702 e. The van der Waals surface area contributed by atoms with E-state index in [-0.39, 0.29) is 5.54 Å². The fourth-order valence-electron chi connectivity index (χ4n) is 3.68. The summed E-state index contributed by atoms with van der Waals surface area (Å²) in [4.78, 5) is 5.18. The number of nitrogens with zero attached hydrogens (tertiary/aromatic N) is 2. The molecule has 2 aliphatic heterocycles. The number of ether oxygens (including phenoxy) is 1. The van der Waals surface area contributed by atoms with E-state index in [4.69, 9.17) is 10.5 Å². The van der Waals surface area contributed by atoms with E-state index in [0.717, 1.165) is 19.7 Å². The molecule has 0 aromatic carbocycles. The molecule has 2 fully saturated rings. The van der Waals surface area contributed by atoms with Crippen molar-refractivity contribution in [3.8, 4) is 0 Å². The first-order valence-corrected chi connectivity index (χ1v) is 8.03. The van der Waals surface area contributed by atoms with Crippen LogP contribution >= 0.6 is 0 Å². The van der Waals surface area contributed by atoms with Crippen molar-refractivity contribution in [3.63, 3.8) is 0 Å². The second-order valence-corrected chi connectivity index (χ2v) is 6.03. The molecule has 2 N–H and O–H groups in total. The molecule has 2 rings (SSSR count). The highest BCUT2D eigenvalue weighted by atomic mass is 16.5. The average Bonchev–Trinajstić information content (AvgIpc) is 2.48. The Labute approximate surface area is 118 Å². The predicted octanol–water partition coefficient (Wildman–Crippen LogP) is 1.30. The molecule has 0 saturated carbocycles. The fourth-order valence-corrected chi connectivity index (χ4v) is 3.68. The summed E-state index contributed by atoms with van der Waals surface area (Å²) in [6.07, 6.45) is 5.33. The second-order valence-electron chi connectivity index (χ2n) is 6.03. The normalized spacial score (nSPS) is 29.5. The second kappa shape index (κ2) is 7.02. The van der Waals surface area contributed by atoms with Gasteiger partial charge in [0.1, 0.15) is 0 Å². The molecule has 4 nitrogen and oxygen atoms in total. The molecule has 0 aromatic heterocycles. The van der Waals surface area contributed by atoms with Crippen LogP contribution in [0.5, 0.6) is 0 Å². The van der Waals surface area contributed by atoms with Crippen LogP contribution in [-0.2, 0) is 4.74 Å². The van der Waals surface area contributed by atoms with Gasteiger partial charge < -0.3 is 15.4 Å². The van der Waals surface area contributed by atoms with Gasteiger partial charge in [-0.15, -0.1) is 0 Å². The average molecular weight is 269 g/mol. The van der Waals surface area contributed by atoms with Gasteiger partial charge in [-0.25, -0.2) is 0 Å². The highest BCUT2D eigenvalue weighted by Crippen LogP contribution is 2.31. The Hall–Kier alpha value is -0.160. The van der Waals surface area contributed by atoms with Crippen LogP contribution in [-0.4, -0.2) is 67.3 Å². The standard InChI is InChI=1S/C15H31N3O/c1-3-17-10-7-15(13-16,8-11-17)18-9-5-6-14(12-18)19-4-2/h14H,3-13,16H2,1-2H3. The van der Waals surface area contributed by atoms with Crippen molar-refractivity contribution in [1.82, 2.24) is 9.80 Å². The molecule has 2 aliphatic rings. The number of piperidine rings is 2. The summed E-state index contributed by atoms with van der Waals surface area (Å²) in [5, 5.41) is 0. The lowest BCUT2D eigenvalue weighted by Crippen LogP contribution is -2.62. The molecule has 1 atom stereocenters. The summed E-state index contributed by atoms with van der Waals surface area (Å²) in [5.74, 6) is 0. The van der Waals surface area contributed by atoms with Crippen molar-refractivity contribution in [3.05, 3.63) is 0 Å². The zero-order valence-electron chi connectivity index (χ0n) is 12.7. The first-order valence-electron chi connectivity index (χ1n) is 8.03. The van der Waals surface area contributed by atoms with E-state index in [1.54, 1.807) is 0 Å². The zero-order chi connectivity index (χ0) is 13.7. The minimum absolute atomic E-state index is 0.238. The Morgan fingerprint density at radius 1 is 1.21 bits per heavy atom. The van der Waals surface area contributed by atoms with Crippen molar-refractivity contribution in [2.75, 3.05) is 45.9 Å². The third-order valence-corrected chi connectivity index (χ3v) is 5.07. The van der Waals surface area contributed by atoms with Crippen molar-refractivity contribution >= 4 is 0 Å². The molecule has 0 amide bonds. The molecule has 0 spiro atoms. The van der Waals surface area contributed by atoms with E-state index in [1.165, 1.54) is 51.9 Å². The number of rotatable bonds is 5. The van der Waals surface area contributed by atoms with Gasteiger partial charge >= 0.3 is 0 Å². The summed E-state index contributed by atoms with van der Waals surface area (Å²) in [6, 6.07) is 0. The third kappa shape index (κ3) is 3.48. The monoisotopic (exact) mass is 269 g/mol. The number of nitrogens with two attached hydrogens (primary N) is 1. The van der Waals surface area contributed by atoms with E-state index >= 15 is 0 Å². The van der Waals surface area contributed by atoms with Crippen LogP contribution in [0.15, 0.2) is 0 Å². The number of likely N-dealkylation sites (tertiary alicyclic amines) is 2. The summed E-state index contributed by atoms with van der Waals surface area (Å²) >= 11 is 0. The number of hydrogen-bond donors (Lipinski definition) is 1. The largest absolute Gasteiger partial charge is 0.377 e. The van der Waals surface area contributed by atoms with Crippen LogP contribution in [0.2, 0.25) is 0 Å². The molecule has 0 aliphatic carbocycles. The van der Waals surface area contributed by atoms with Crippen LogP contribution in [0, 0.1) is 0 Å². The highest BCUT2D eigenvalue weighted by Gasteiger charge is 2.40. The topological polar surface area (TPSA) is 41.7 Å². The molecular formula is C15H31N3O. The Morgan fingerprint density at radius 3 is 2.53 bits per heavy atom. The van der Waals surface area contributed by atoms with Gasteiger partial charge in [-0.05, 0) is 58.8 Å². The van der Waals surface area contributed by atoms with E-state index in [1.807, 2.05) is 0 Å². The molecule has 0 bridgehead atoms. The van der Waals surface area contributed by atoms with Crippen molar-refractivity contribution in [2.24, 2.45) is 5.73 Å². The van der Waals surface area contributed by atoms with Gasteiger partial charge in [0, 0.05) is 25.2 Å². The minimum atomic E-state index is 0.238. The Bertz CT molecular complexity index is 262. The Balaban J connectivity index is 1.96. The summed E-state index contributed by atoms with van der Waals surface area (Å²) < 4.78 is 5.84. The predicted molar refractivity (Wildman–Crippen MR) is 79.4 cm³/mol. The van der Waals surface area contributed by atoms with Crippen molar-refractivity contribution in [1.29, 1.82) is 0 Å². The van der Waals surface area contributed by atoms with E-state index in [0.29, 0.717) is 6.10 Å². The maximum atomic E-state index is 6.17. The Kier molecular flexibility index (Phi) is 5.63. The van der Waals surface area contributed by atoms with Crippen LogP contribution in [0.1, 0.15) is 39.5 Å². The summed E-state index contributed by atoms with van der Waals surface area (Å²) in [6.45, 7) is 11.8. The van der Waals surface area contributed by atoms with Gasteiger partial charge in [0.2, 0.25) is 0 Å². The molecule has 4 heteroatoms. The molecule has 0 radical (unpaired) electrons. The van der Waals surface area contributed by atoms with Gasteiger partial charge in [-0.3, -0.25) is 4.90 Å². The van der Waals surface area contributed by atoms with Crippen LogP contribution < -0.4 is 5.73 Å². The van der Waals surface area contributed by atoms with E-state index in [9.17, 15) is 0 Å². The molecule has 0 aromatic rings. The maximum Gasteiger partial charge on any atom is 0.0702 e. The molecule has 1 unspecified atom stereocenters. The zero-order valence-corrected chi connectivity index (χ0v) is 12.7. The lowest BCUT2D eigenvalue weighted by molar-refractivity contribution is -0.0507. The molecule has 19 heavy (non-hydrogen) atoms. The lowest BCUT2D eigenvalue weighted by Gasteiger charge is -2.51. The SMILES string of the molecule is CCOC1CCCN(C2(CN)CCN(CC)CC2)C1. The van der Waals surface area contributed by atoms with Gasteiger partial charge in [0.15, 0.2) is 0 Å².